The highest BCUT2D eigenvalue weighted by Gasteiger charge is 2.31. The first kappa shape index (κ1) is 16.1. The Morgan fingerprint density at radius 1 is 1.48 bits per heavy atom. The summed E-state index contributed by atoms with van der Waals surface area (Å²) in [5.41, 5.74) is 0. The van der Waals surface area contributed by atoms with Crippen molar-refractivity contribution in [2.45, 2.75) is 37.6 Å². The van der Waals surface area contributed by atoms with Gasteiger partial charge in [0.2, 0.25) is 11.9 Å². The summed E-state index contributed by atoms with van der Waals surface area (Å²) in [5, 5.41) is 11.7. The summed E-state index contributed by atoms with van der Waals surface area (Å²) in [7, 11) is 0. The molecule has 1 unspecified atom stereocenters. The van der Waals surface area contributed by atoms with Crippen LogP contribution < -0.4 is 10.2 Å². The van der Waals surface area contributed by atoms with E-state index >= 15 is 0 Å². The molecule has 2 heterocycles. The third-order valence-electron chi connectivity index (χ3n) is 2.79. The number of nitrogens with zero attached hydrogens (tertiary/aromatic N) is 4. The zero-order chi connectivity index (χ0) is 15.4. The average Bonchev–Trinajstić information content (AvgIpc) is 2.79. The predicted octanol–water partition coefficient (Wildman–Crippen LogP) is 2.18. The monoisotopic (exact) mass is 330 g/mol. The number of alkyl halides is 1. The van der Waals surface area contributed by atoms with Crippen molar-refractivity contribution in [2.24, 2.45) is 0 Å². The van der Waals surface area contributed by atoms with Gasteiger partial charge in [-0.05, 0) is 26.5 Å². The maximum atomic E-state index is 7.92. The van der Waals surface area contributed by atoms with E-state index in [4.69, 9.17) is 21.7 Å². The van der Waals surface area contributed by atoms with Gasteiger partial charge in [0, 0.05) is 11.9 Å². The molecule has 0 aliphatic carbocycles. The smallest absolute Gasteiger partial charge is 0.291 e. The summed E-state index contributed by atoms with van der Waals surface area (Å²) < 4.78 is 5.46. The summed E-state index contributed by atoms with van der Waals surface area (Å²) in [6, 6.07) is 0.270. The summed E-state index contributed by atoms with van der Waals surface area (Å²) in [6.07, 6.45) is 2.50. The Hall–Kier alpha value is -1.28. The lowest BCUT2D eigenvalue weighted by molar-refractivity contribution is 0.225. The number of hydrogen-bond acceptors (Lipinski definition) is 7. The number of ether oxygens (including phenoxy) is 1. The highest BCUT2D eigenvalue weighted by Crippen LogP contribution is 2.22. The molecule has 1 aliphatic heterocycles. The topological polar surface area (TPSA) is 87.0 Å². The molecule has 0 radical (unpaired) electrons. The van der Waals surface area contributed by atoms with Gasteiger partial charge in [0.25, 0.3) is 6.02 Å². The largest absolute Gasteiger partial charge is 0.460 e. The Balaban J connectivity index is 2.24. The molecule has 0 amide bonds. The molecule has 0 saturated carbocycles. The summed E-state index contributed by atoms with van der Waals surface area (Å²) in [6.45, 7) is 4.56. The van der Waals surface area contributed by atoms with E-state index in [9.17, 15) is 0 Å². The van der Waals surface area contributed by atoms with Crippen molar-refractivity contribution in [1.82, 2.24) is 15.0 Å². The quantitative estimate of drug-likeness (QED) is 0.610. The van der Waals surface area contributed by atoms with E-state index in [1.165, 1.54) is 11.8 Å². The van der Waals surface area contributed by atoms with E-state index in [0.29, 0.717) is 35.9 Å². The second-order valence-electron chi connectivity index (χ2n) is 4.88. The van der Waals surface area contributed by atoms with Crippen LogP contribution in [-0.4, -0.2) is 51.8 Å². The molecule has 0 aromatic carbocycles. The van der Waals surface area contributed by atoms with E-state index in [1.807, 2.05) is 20.1 Å². The first-order valence-electron chi connectivity index (χ1n) is 6.68. The molecule has 21 heavy (non-hydrogen) atoms. The van der Waals surface area contributed by atoms with Gasteiger partial charge in [0.1, 0.15) is 6.10 Å². The second-order valence-corrected chi connectivity index (χ2v) is 6.03. The van der Waals surface area contributed by atoms with Gasteiger partial charge < -0.3 is 10.1 Å². The van der Waals surface area contributed by atoms with Gasteiger partial charge in [0.15, 0.2) is 5.16 Å². The molecular weight excluding hydrogens is 312 g/mol. The number of anilines is 2. The van der Waals surface area contributed by atoms with Crippen molar-refractivity contribution < 1.29 is 4.74 Å². The molecule has 7 nitrogen and oxygen atoms in total. The van der Waals surface area contributed by atoms with Crippen LogP contribution in [0.4, 0.5) is 11.9 Å². The Morgan fingerprint density at radius 3 is 2.86 bits per heavy atom. The van der Waals surface area contributed by atoms with Crippen molar-refractivity contribution >= 4 is 41.3 Å². The Bertz CT molecular complexity index is 515. The Kier molecular flexibility index (Phi) is 5.46. The number of amidine groups is 1. The molecular formula is C12H19ClN6OS. The second kappa shape index (κ2) is 7.13. The first-order chi connectivity index (χ1) is 10.0. The van der Waals surface area contributed by atoms with Gasteiger partial charge in [-0.2, -0.15) is 15.0 Å². The summed E-state index contributed by atoms with van der Waals surface area (Å²) in [4.78, 5) is 14.7. The molecule has 2 N–H and O–H groups in total. The van der Waals surface area contributed by atoms with Crippen LogP contribution in [0.2, 0.25) is 0 Å². The summed E-state index contributed by atoms with van der Waals surface area (Å²) >= 11 is 7.16. The SMILES string of the molecule is CSc1nc(NC(C)C)nc(N2CC(CCCl)OC2=N)n1. The average molecular weight is 331 g/mol. The number of hydrogen-bond donors (Lipinski definition) is 2. The molecule has 1 saturated heterocycles. The number of rotatable bonds is 6. The van der Waals surface area contributed by atoms with Crippen molar-refractivity contribution in [3.8, 4) is 0 Å². The van der Waals surface area contributed by atoms with Crippen molar-refractivity contribution in [2.75, 3.05) is 28.9 Å². The first-order valence-corrected chi connectivity index (χ1v) is 8.44. The van der Waals surface area contributed by atoms with Crippen molar-refractivity contribution in [3.63, 3.8) is 0 Å². The van der Waals surface area contributed by atoms with Gasteiger partial charge in [-0.25, -0.2) is 0 Å². The third kappa shape index (κ3) is 4.10. The maximum absolute atomic E-state index is 7.92. The maximum Gasteiger partial charge on any atom is 0.291 e. The van der Waals surface area contributed by atoms with Gasteiger partial charge >= 0.3 is 0 Å². The minimum atomic E-state index is -0.0917. The van der Waals surface area contributed by atoms with Gasteiger partial charge in [0.05, 0.1) is 6.54 Å². The van der Waals surface area contributed by atoms with E-state index < -0.39 is 0 Å². The van der Waals surface area contributed by atoms with Crippen molar-refractivity contribution in [1.29, 1.82) is 5.41 Å². The molecule has 0 spiro atoms. The zero-order valence-corrected chi connectivity index (χ0v) is 13.8. The van der Waals surface area contributed by atoms with Crippen LogP contribution in [0.25, 0.3) is 0 Å². The summed E-state index contributed by atoms with van der Waals surface area (Å²) in [5.74, 6) is 1.44. The van der Waals surface area contributed by atoms with Gasteiger partial charge in [-0.1, -0.05) is 11.8 Å². The van der Waals surface area contributed by atoms with Crippen LogP contribution in [0, 0.1) is 5.41 Å². The molecule has 9 heteroatoms. The lowest BCUT2D eigenvalue weighted by Crippen LogP contribution is -2.28. The normalized spacial score (nSPS) is 18.2. The van der Waals surface area contributed by atoms with Gasteiger partial charge in [-0.15, -0.1) is 11.6 Å². The number of thioether (sulfide) groups is 1. The number of aromatic nitrogens is 3. The highest BCUT2D eigenvalue weighted by molar-refractivity contribution is 7.98. The molecule has 1 atom stereocenters. The molecule has 1 aliphatic rings. The molecule has 1 fully saturated rings. The van der Waals surface area contributed by atoms with Crippen LogP contribution in [0.15, 0.2) is 5.16 Å². The van der Waals surface area contributed by atoms with E-state index in [-0.39, 0.29) is 18.2 Å². The van der Waals surface area contributed by atoms with E-state index in [1.54, 1.807) is 4.90 Å². The van der Waals surface area contributed by atoms with Crippen LogP contribution in [0.1, 0.15) is 20.3 Å². The fourth-order valence-electron chi connectivity index (χ4n) is 1.87. The fourth-order valence-corrected chi connectivity index (χ4v) is 2.46. The van der Waals surface area contributed by atoms with Crippen LogP contribution >= 0.6 is 23.4 Å². The Morgan fingerprint density at radius 2 is 2.24 bits per heavy atom. The molecule has 1 aromatic rings. The lowest BCUT2D eigenvalue weighted by atomic mass is 10.3. The van der Waals surface area contributed by atoms with Crippen LogP contribution in [-0.2, 0) is 4.74 Å². The van der Waals surface area contributed by atoms with E-state index in [0.717, 1.165) is 0 Å². The molecule has 2 rings (SSSR count). The Labute approximate surface area is 133 Å². The predicted molar refractivity (Wildman–Crippen MR) is 85.6 cm³/mol. The zero-order valence-electron chi connectivity index (χ0n) is 12.3. The fraction of sp³-hybridized carbons (Fsp3) is 0.667. The molecule has 0 bridgehead atoms. The van der Waals surface area contributed by atoms with E-state index in [2.05, 4.69) is 20.3 Å². The standard InChI is InChI=1S/C12H19ClN6OS/c1-7(2)15-10-16-11(18-12(17-10)21-3)19-6-8(4-5-13)20-9(19)14/h7-8,14H,4-6H2,1-3H3,(H,15,16,17,18). The highest BCUT2D eigenvalue weighted by atomic mass is 35.5. The number of halogens is 1. The lowest BCUT2D eigenvalue weighted by Gasteiger charge is -2.15. The third-order valence-corrected chi connectivity index (χ3v) is 3.55. The molecule has 1 aromatic heterocycles. The minimum absolute atomic E-state index is 0.0545. The van der Waals surface area contributed by atoms with Crippen LogP contribution in [0.3, 0.4) is 0 Å². The molecule has 116 valence electrons. The van der Waals surface area contributed by atoms with Crippen LogP contribution in [0.5, 0.6) is 0 Å². The van der Waals surface area contributed by atoms with Crippen molar-refractivity contribution in [3.05, 3.63) is 0 Å². The number of nitrogens with one attached hydrogen (secondary N) is 2. The minimum Gasteiger partial charge on any atom is -0.460 e. The van der Waals surface area contributed by atoms with Gasteiger partial charge in [-0.3, -0.25) is 10.3 Å².